The number of amides is 3. The van der Waals surface area contributed by atoms with Gasteiger partial charge in [-0.25, -0.2) is 0 Å². The van der Waals surface area contributed by atoms with E-state index in [1.807, 2.05) is 95.2 Å². The van der Waals surface area contributed by atoms with Crippen LogP contribution in [-0.4, -0.2) is 59.9 Å². The molecular weight excluding hydrogens is 518 g/mol. The number of ether oxygens (including phenoxy) is 1. The van der Waals surface area contributed by atoms with E-state index in [0.29, 0.717) is 11.3 Å². The first-order valence-corrected chi connectivity index (χ1v) is 14.2. The number of hydrogen-bond acceptors (Lipinski definition) is 5. The van der Waals surface area contributed by atoms with Crippen molar-refractivity contribution in [3.63, 3.8) is 0 Å². The maximum absolute atomic E-state index is 14.2. The number of likely N-dealkylation sites (N-methyl/N-ethyl adjacent to an activating group) is 1. The summed E-state index contributed by atoms with van der Waals surface area (Å²) in [6, 6.07) is 12.4. The average Bonchev–Trinajstić information content (AvgIpc) is 3.37. The molecule has 2 aromatic carbocycles. The van der Waals surface area contributed by atoms with Crippen molar-refractivity contribution in [2.75, 3.05) is 14.1 Å². The minimum Gasteiger partial charge on any atom is -0.487 e. The van der Waals surface area contributed by atoms with Crippen molar-refractivity contribution in [1.29, 1.82) is 0 Å². The highest BCUT2D eigenvalue weighted by atomic mass is 16.5. The van der Waals surface area contributed by atoms with Crippen molar-refractivity contribution in [2.45, 2.75) is 58.3 Å². The second-order valence-corrected chi connectivity index (χ2v) is 11.2. The minimum absolute atomic E-state index is 0.0501. The van der Waals surface area contributed by atoms with Crippen LogP contribution in [0.3, 0.4) is 0 Å². The van der Waals surface area contributed by atoms with Crippen molar-refractivity contribution in [2.24, 2.45) is 11.8 Å². The zero-order chi connectivity index (χ0) is 29.7. The van der Waals surface area contributed by atoms with E-state index in [-0.39, 0.29) is 17.7 Å². The SMILES string of the molecule is CC[C@H](C)[C@@H](C(=O)N[C@@H]1C(=O)N[C@@H](c2c[nH]c3ccccc23)C(=O)N/C=C\c2ccc(cc2)O[C@H]1C(C)C)N(C)C. The molecule has 0 spiro atoms. The lowest BCUT2D eigenvalue weighted by Crippen LogP contribution is -2.61. The van der Waals surface area contributed by atoms with E-state index >= 15 is 0 Å². The van der Waals surface area contributed by atoms with Crippen LogP contribution < -0.4 is 20.7 Å². The fourth-order valence-corrected chi connectivity index (χ4v) is 5.32. The number of hydrogen-bond donors (Lipinski definition) is 4. The first-order chi connectivity index (χ1) is 19.6. The van der Waals surface area contributed by atoms with Gasteiger partial charge in [-0.1, -0.05) is 64.4 Å². The molecule has 5 atom stereocenters. The van der Waals surface area contributed by atoms with E-state index in [0.717, 1.165) is 22.9 Å². The minimum atomic E-state index is -1.08. The number of rotatable bonds is 7. The summed E-state index contributed by atoms with van der Waals surface area (Å²) in [5, 5.41) is 9.59. The fraction of sp³-hybridized carbons (Fsp3) is 0.406. The summed E-state index contributed by atoms with van der Waals surface area (Å²) >= 11 is 0. The van der Waals surface area contributed by atoms with Gasteiger partial charge in [0.25, 0.3) is 5.91 Å². The van der Waals surface area contributed by atoms with Crippen LogP contribution in [0, 0.1) is 11.8 Å². The number of benzene rings is 2. The molecular formula is C32H41N5O4. The molecule has 3 amide bonds. The van der Waals surface area contributed by atoms with E-state index in [1.165, 1.54) is 0 Å². The summed E-state index contributed by atoms with van der Waals surface area (Å²) < 4.78 is 6.39. The van der Waals surface area contributed by atoms with Gasteiger partial charge in [0, 0.05) is 28.9 Å². The van der Waals surface area contributed by atoms with Gasteiger partial charge in [-0.05, 0) is 55.8 Å². The standard InChI is InChI=1S/C32H41N5O4/c1-7-20(4)28(37(5)6)32(40)36-27-29(19(2)3)41-22-14-12-21(13-15-22)16-17-33-30(38)26(35-31(27)39)24-18-34-25-11-9-8-10-23(24)25/h8-20,26-29,34H,7H2,1-6H3,(H,33,38)(H,35,39)(H,36,40)/b17-16-/t20-,26-,27-,28-,29-/m0/s1. The summed E-state index contributed by atoms with van der Waals surface area (Å²) in [6.45, 7) is 7.93. The summed E-state index contributed by atoms with van der Waals surface area (Å²) in [6.07, 6.45) is 5.15. The molecule has 9 nitrogen and oxygen atoms in total. The molecule has 0 radical (unpaired) electrons. The monoisotopic (exact) mass is 559 g/mol. The molecule has 0 saturated carbocycles. The third-order valence-corrected chi connectivity index (χ3v) is 7.71. The number of nitrogens with zero attached hydrogens (tertiary/aromatic N) is 1. The van der Waals surface area contributed by atoms with Crippen LogP contribution in [-0.2, 0) is 14.4 Å². The van der Waals surface area contributed by atoms with E-state index < -0.39 is 36.0 Å². The number of para-hydroxylation sites is 1. The van der Waals surface area contributed by atoms with Crippen LogP contribution in [0.1, 0.15) is 51.3 Å². The lowest BCUT2D eigenvalue weighted by Gasteiger charge is -2.35. The Morgan fingerprint density at radius 2 is 1.73 bits per heavy atom. The van der Waals surface area contributed by atoms with Crippen molar-refractivity contribution in [3.05, 3.63) is 72.1 Å². The lowest BCUT2D eigenvalue weighted by molar-refractivity contribution is -0.136. The molecule has 0 aliphatic carbocycles. The van der Waals surface area contributed by atoms with Gasteiger partial charge in [-0.15, -0.1) is 0 Å². The van der Waals surface area contributed by atoms with Crippen LogP contribution in [0.2, 0.25) is 0 Å². The molecule has 41 heavy (non-hydrogen) atoms. The molecule has 1 aromatic heterocycles. The lowest BCUT2D eigenvalue weighted by atomic mass is 9.94. The molecule has 3 aromatic rings. The zero-order valence-corrected chi connectivity index (χ0v) is 24.6. The Labute approximate surface area is 241 Å². The first-order valence-electron chi connectivity index (χ1n) is 14.2. The molecule has 4 N–H and O–H groups in total. The van der Waals surface area contributed by atoms with Gasteiger partial charge in [-0.3, -0.25) is 19.3 Å². The normalized spacial score (nSPS) is 22.0. The first kappa shape index (κ1) is 29.9. The predicted octanol–water partition coefficient (Wildman–Crippen LogP) is 3.99. The van der Waals surface area contributed by atoms with Gasteiger partial charge in [-0.2, -0.15) is 0 Å². The largest absolute Gasteiger partial charge is 0.487 e. The molecule has 5 rings (SSSR count). The fourth-order valence-electron chi connectivity index (χ4n) is 5.32. The third-order valence-electron chi connectivity index (χ3n) is 7.71. The van der Waals surface area contributed by atoms with Crippen molar-refractivity contribution in [1.82, 2.24) is 25.8 Å². The van der Waals surface area contributed by atoms with Gasteiger partial charge >= 0.3 is 0 Å². The number of nitrogens with one attached hydrogen (secondary N) is 4. The van der Waals surface area contributed by atoms with Crippen LogP contribution in [0.15, 0.2) is 60.9 Å². The highest BCUT2D eigenvalue weighted by Crippen LogP contribution is 2.26. The quantitative estimate of drug-likeness (QED) is 0.350. The smallest absolute Gasteiger partial charge is 0.251 e. The molecule has 0 fully saturated rings. The summed E-state index contributed by atoms with van der Waals surface area (Å²) in [4.78, 5) is 46.5. The number of fused-ring (bicyclic) bond motifs is 11. The highest BCUT2D eigenvalue weighted by Gasteiger charge is 2.39. The summed E-state index contributed by atoms with van der Waals surface area (Å²) in [5.41, 5.74) is 2.33. The molecule has 218 valence electrons. The Bertz CT molecular complexity index is 1390. The van der Waals surface area contributed by atoms with Gasteiger partial charge in [0.15, 0.2) is 0 Å². The molecule has 2 bridgehead atoms. The maximum Gasteiger partial charge on any atom is 0.251 e. The van der Waals surface area contributed by atoms with Crippen molar-refractivity contribution in [3.8, 4) is 5.75 Å². The Kier molecular flexibility index (Phi) is 9.50. The third kappa shape index (κ3) is 6.79. The van der Waals surface area contributed by atoms with E-state index in [2.05, 4.69) is 20.9 Å². The molecule has 0 unspecified atom stereocenters. The number of carbonyl (C=O) groups is 3. The van der Waals surface area contributed by atoms with Gasteiger partial charge in [0.1, 0.15) is 23.9 Å². The molecule has 3 heterocycles. The second kappa shape index (κ2) is 13.0. The Balaban J connectivity index is 1.79. The Morgan fingerprint density at radius 1 is 1.02 bits per heavy atom. The van der Waals surface area contributed by atoms with Crippen LogP contribution in [0.4, 0.5) is 0 Å². The maximum atomic E-state index is 14.2. The Morgan fingerprint density at radius 3 is 2.39 bits per heavy atom. The number of aromatic amines is 1. The van der Waals surface area contributed by atoms with Gasteiger partial charge in [0.05, 0.1) is 6.04 Å². The predicted molar refractivity (Wildman–Crippen MR) is 161 cm³/mol. The summed E-state index contributed by atoms with van der Waals surface area (Å²) in [7, 11) is 3.71. The number of aromatic nitrogens is 1. The topological polar surface area (TPSA) is 116 Å². The van der Waals surface area contributed by atoms with E-state index in [4.69, 9.17) is 4.74 Å². The van der Waals surface area contributed by atoms with E-state index in [1.54, 1.807) is 18.5 Å². The average molecular weight is 560 g/mol. The van der Waals surface area contributed by atoms with Gasteiger partial charge in [0.2, 0.25) is 11.8 Å². The second-order valence-electron chi connectivity index (χ2n) is 11.2. The summed E-state index contributed by atoms with van der Waals surface area (Å²) in [5.74, 6) is -0.721. The zero-order valence-electron chi connectivity index (χ0n) is 24.6. The number of H-pyrrole nitrogens is 1. The number of carbonyl (C=O) groups excluding carboxylic acids is 3. The van der Waals surface area contributed by atoms with Crippen LogP contribution >= 0.6 is 0 Å². The Hall–Kier alpha value is -4.11. The molecule has 2 aliphatic heterocycles. The van der Waals surface area contributed by atoms with Crippen LogP contribution in [0.5, 0.6) is 5.75 Å². The molecule has 0 saturated heterocycles. The molecule has 9 heteroatoms. The van der Waals surface area contributed by atoms with Crippen molar-refractivity contribution >= 4 is 34.7 Å². The van der Waals surface area contributed by atoms with Crippen molar-refractivity contribution < 1.29 is 19.1 Å². The van der Waals surface area contributed by atoms with Gasteiger partial charge < -0.3 is 25.7 Å². The van der Waals surface area contributed by atoms with E-state index in [9.17, 15) is 14.4 Å². The van der Waals surface area contributed by atoms with Crippen LogP contribution in [0.25, 0.3) is 17.0 Å². The molecule has 2 aliphatic rings. The highest BCUT2D eigenvalue weighted by molar-refractivity contribution is 5.97.